The van der Waals surface area contributed by atoms with Crippen LogP contribution in [0.25, 0.3) is 0 Å². The first-order chi connectivity index (χ1) is 16.9. The largest absolute Gasteiger partial charge is 0.455 e. The highest BCUT2D eigenvalue weighted by Gasteiger charge is 2.54. The molecule has 0 unspecified atom stereocenters. The molecule has 184 valence electrons. The number of esters is 1. The fraction of sp³-hybridized carbons (Fsp3) is 0.464. The molecule has 0 radical (unpaired) electrons. The third kappa shape index (κ3) is 5.34. The highest BCUT2D eigenvalue weighted by atomic mass is 16.5. The smallest absolute Gasteiger partial charge is 0.325 e. The fourth-order valence-electron chi connectivity index (χ4n) is 6.50. The molecule has 4 saturated carbocycles. The van der Waals surface area contributed by atoms with Gasteiger partial charge in [0.1, 0.15) is 12.3 Å². The van der Waals surface area contributed by atoms with Crippen LogP contribution in [0.5, 0.6) is 11.5 Å². The SMILES string of the molecule is Cc1ccc(Oc2ccccc2NC(=O)COC(=O)CNC(=O)C23CC4CC(CC(C4)C2)C3)cc1. The number of hydrogen-bond acceptors (Lipinski definition) is 5. The first-order valence-corrected chi connectivity index (χ1v) is 12.5. The van der Waals surface area contributed by atoms with Crippen LogP contribution in [0.2, 0.25) is 0 Å². The van der Waals surface area contributed by atoms with E-state index in [2.05, 4.69) is 10.6 Å². The summed E-state index contributed by atoms with van der Waals surface area (Å²) in [5.74, 6) is 1.97. The van der Waals surface area contributed by atoms with E-state index in [1.807, 2.05) is 37.3 Å². The molecule has 0 aromatic heterocycles. The van der Waals surface area contributed by atoms with E-state index in [4.69, 9.17) is 9.47 Å². The molecule has 7 heteroatoms. The summed E-state index contributed by atoms with van der Waals surface area (Å²) < 4.78 is 11.0. The number of hydrogen-bond donors (Lipinski definition) is 2. The highest BCUT2D eigenvalue weighted by molar-refractivity contribution is 5.94. The van der Waals surface area contributed by atoms with Crippen molar-refractivity contribution in [3.63, 3.8) is 0 Å². The Kier molecular flexibility index (Phi) is 6.50. The molecule has 2 aromatic carbocycles. The normalized spacial score (nSPS) is 26.1. The lowest BCUT2D eigenvalue weighted by Gasteiger charge is -2.55. The number of ether oxygens (including phenoxy) is 2. The van der Waals surface area contributed by atoms with E-state index in [9.17, 15) is 14.4 Å². The van der Waals surface area contributed by atoms with Crippen molar-refractivity contribution in [1.29, 1.82) is 0 Å². The second-order valence-electron chi connectivity index (χ2n) is 10.5. The number of aryl methyl sites for hydroxylation is 1. The first kappa shape index (κ1) is 23.4. The summed E-state index contributed by atoms with van der Waals surface area (Å²) in [7, 11) is 0. The molecule has 2 N–H and O–H groups in total. The van der Waals surface area contributed by atoms with Crippen molar-refractivity contribution >= 4 is 23.5 Å². The number of benzene rings is 2. The van der Waals surface area contributed by atoms with Crippen molar-refractivity contribution in [2.24, 2.45) is 23.2 Å². The van der Waals surface area contributed by atoms with Crippen molar-refractivity contribution in [3.05, 3.63) is 54.1 Å². The fourth-order valence-corrected chi connectivity index (χ4v) is 6.50. The summed E-state index contributed by atoms with van der Waals surface area (Å²) in [6.07, 6.45) is 6.57. The predicted molar refractivity (Wildman–Crippen MR) is 131 cm³/mol. The van der Waals surface area contributed by atoms with E-state index in [0.29, 0.717) is 34.9 Å². The topological polar surface area (TPSA) is 93.7 Å². The van der Waals surface area contributed by atoms with E-state index in [-0.39, 0.29) is 17.9 Å². The van der Waals surface area contributed by atoms with Crippen molar-refractivity contribution in [1.82, 2.24) is 5.32 Å². The predicted octanol–water partition coefficient (Wildman–Crippen LogP) is 4.60. The molecule has 2 aromatic rings. The van der Waals surface area contributed by atoms with E-state index in [1.54, 1.807) is 18.2 Å². The number of carbonyl (C=O) groups excluding carboxylic acids is 3. The molecule has 4 bridgehead atoms. The molecule has 0 aliphatic heterocycles. The lowest BCUT2D eigenvalue weighted by Crippen LogP contribution is -2.54. The molecule has 4 fully saturated rings. The van der Waals surface area contributed by atoms with Gasteiger partial charge in [-0.2, -0.15) is 0 Å². The second kappa shape index (κ2) is 9.72. The Labute approximate surface area is 205 Å². The van der Waals surface area contributed by atoms with Gasteiger partial charge in [-0.25, -0.2) is 0 Å². The van der Waals surface area contributed by atoms with Gasteiger partial charge in [-0.1, -0.05) is 29.8 Å². The van der Waals surface area contributed by atoms with E-state index >= 15 is 0 Å². The molecule has 6 rings (SSSR count). The third-order valence-electron chi connectivity index (χ3n) is 7.69. The van der Waals surface area contributed by atoms with Crippen LogP contribution in [-0.2, 0) is 19.1 Å². The van der Waals surface area contributed by atoms with Crippen LogP contribution in [0.4, 0.5) is 5.69 Å². The van der Waals surface area contributed by atoms with Crippen LogP contribution in [0.1, 0.15) is 44.1 Å². The maximum Gasteiger partial charge on any atom is 0.325 e. The molecule has 0 saturated heterocycles. The number of rotatable bonds is 8. The van der Waals surface area contributed by atoms with Gasteiger partial charge in [0.2, 0.25) is 5.91 Å². The van der Waals surface area contributed by atoms with E-state index in [1.165, 1.54) is 19.3 Å². The Morgan fingerprint density at radius 3 is 2.20 bits per heavy atom. The molecule has 2 amide bonds. The maximum atomic E-state index is 13.0. The monoisotopic (exact) mass is 476 g/mol. The minimum Gasteiger partial charge on any atom is -0.455 e. The standard InChI is InChI=1S/C28H32N2O5/c1-18-6-8-22(9-7-18)35-24-5-3-2-4-23(24)30-25(31)17-34-26(32)16-29-27(33)28-13-19-10-20(14-28)12-21(11-19)15-28/h2-9,19-21H,10-17H2,1H3,(H,29,33)(H,30,31). The van der Waals surface area contributed by atoms with E-state index in [0.717, 1.165) is 24.8 Å². The zero-order valence-electron chi connectivity index (χ0n) is 20.0. The Bertz CT molecular complexity index is 1080. The van der Waals surface area contributed by atoms with Crippen LogP contribution in [-0.4, -0.2) is 30.9 Å². The van der Waals surface area contributed by atoms with Crippen LogP contribution >= 0.6 is 0 Å². The lowest BCUT2D eigenvalue weighted by atomic mass is 9.49. The molecule has 7 nitrogen and oxygen atoms in total. The summed E-state index contributed by atoms with van der Waals surface area (Å²) in [6, 6.07) is 14.7. The Balaban J connectivity index is 1.09. The maximum absolute atomic E-state index is 13.0. The van der Waals surface area contributed by atoms with E-state index < -0.39 is 18.5 Å². The second-order valence-corrected chi connectivity index (χ2v) is 10.5. The number of para-hydroxylation sites is 2. The van der Waals surface area contributed by atoms with Crippen molar-refractivity contribution in [2.75, 3.05) is 18.5 Å². The van der Waals surface area contributed by atoms with Gasteiger partial charge in [-0.15, -0.1) is 0 Å². The highest BCUT2D eigenvalue weighted by Crippen LogP contribution is 2.60. The average Bonchev–Trinajstić information content (AvgIpc) is 2.83. The summed E-state index contributed by atoms with van der Waals surface area (Å²) in [5.41, 5.74) is 1.28. The van der Waals surface area contributed by atoms with Crippen molar-refractivity contribution in [2.45, 2.75) is 45.4 Å². The molecule has 0 heterocycles. The quantitative estimate of drug-likeness (QED) is 0.543. The molecule has 35 heavy (non-hydrogen) atoms. The minimum absolute atomic E-state index is 0.0276. The van der Waals surface area contributed by atoms with Gasteiger partial charge < -0.3 is 20.1 Å². The zero-order valence-corrected chi connectivity index (χ0v) is 20.0. The minimum atomic E-state index is -0.623. The Morgan fingerprint density at radius 2 is 1.54 bits per heavy atom. The number of anilines is 1. The van der Waals surface area contributed by atoms with Gasteiger partial charge >= 0.3 is 5.97 Å². The average molecular weight is 477 g/mol. The molecule has 4 aliphatic rings. The Hall–Kier alpha value is -3.35. The van der Waals surface area contributed by atoms with Crippen molar-refractivity contribution in [3.8, 4) is 11.5 Å². The van der Waals surface area contributed by atoms with Crippen LogP contribution < -0.4 is 15.4 Å². The van der Waals surface area contributed by atoms with Gasteiger partial charge in [0.25, 0.3) is 5.91 Å². The molecule has 4 aliphatic carbocycles. The van der Waals surface area contributed by atoms with Crippen molar-refractivity contribution < 1.29 is 23.9 Å². The van der Waals surface area contributed by atoms with Gasteiger partial charge in [0.05, 0.1) is 5.69 Å². The molecular formula is C28H32N2O5. The van der Waals surface area contributed by atoms with Crippen LogP contribution in [0, 0.1) is 30.1 Å². The molecule has 0 spiro atoms. The number of carbonyl (C=O) groups is 3. The van der Waals surface area contributed by atoms with Gasteiger partial charge in [-0.3, -0.25) is 14.4 Å². The number of nitrogens with one attached hydrogen (secondary N) is 2. The summed E-state index contributed by atoms with van der Waals surface area (Å²) in [5, 5.41) is 5.51. The van der Waals surface area contributed by atoms with Crippen LogP contribution in [0.3, 0.4) is 0 Å². The zero-order chi connectivity index (χ0) is 24.4. The first-order valence-electron chi connectivity index (χ1n) is 12.5. The van der Waals surface area contributed by atoms with Gasteiger partial charge in [-0.05, 0) is 87.5 Å². The summed E-state index contributed by atoms with van der Waals surface area (Å²) >= 11 is 0. The van der Waals surface area contributed by atoms with Crippen LogP contribution in [0.15, 0.2) is 48.5 Å². The van der Waals surface area contributed by atoms with Gasteiger partial charge in [0.15, 0.2) is 12.4 Å². The number of amides is 2. The third-order valence-corrected chi connectivity index (χ3v) is 7.69. The van der Waals surface area contributed by atoms with Gasteiger partial charge in [0, 0.05) is 5.41 Å². The lowest BCUT2D eigenvalue weighted by molar-refractivity contribution is -0.152. The Morgan fingerprint density at radius 1 is 0.914 bits per heavy atom. The summed E-state index contributed by atoms with van der Waals surface area (Å²) in [4.78, 5) is 37.6. The summed E-state index contributed by atoms with van der Waals surface area (Å²) in [6.45, 7) is 1.33. The molecular weight excluding hydrogens is 444 g/mol. The molecule has 0 atom stereocenters.